The Labute approximate surface area is 146 Å². The second kappa shape index (κ2) is 6.94. The third-order valence-corrected chi connectivity index (χ3v) is 6.12. The van der Waals surface area contributed by atoms with E-state index in [2.05, 4.69) is 5.32 Å². The van der Waals surface area contributed by atoms with Crippen LogP contribution in [0.2, 0.25) is 0 Å². The number of ether oxygens (including phenoxy) is 1. The third kappa shape index (κ3) is 4.58. The Morgan fingerprint density at radius 2 is 1.79 bits per heavy atom. The van der Waals surface area contributed by atoms with E-state index < -0.39 is 26.9 Å². The molecule has 2 rings (SSSR count). The molecule has 1 unspecified atom stereocenters. The van der Waals surface area contributed by atoms with Crippen LogP contribution in [0, 0.1) is 6.92 Å². The van der Waals surface area contributed by atoms with Crippen LogP contribution in [0.1, 0.15) is 36.6 Å². The van der Waals surface area contributed by atoms with Gasteiger partial charge in [-0.05, 0) is 51.3 Å². The lowest BCUT2D eigenvalue weighted by molar-refractivity contribution is 0.0520. The monoisotopic (exact) mass is 367 g/mol. The van der Waals surface area contributed by atoms with E-state index in [1.165, 1.54) is 11.3 Å². The normalized spacial score (nSPS) is 13.3. The molecule has 24 heavy (non-hydrogen) atoms. The predicted octanol–water partition coefficient (Wildman–Crippen LogP) is 4.05. The molecule has 0 spiro atoms. The zero-order chi connectivity index (χ0) is 18.0. The van der Waals surface area contributed by atoms with Gasteiger partial charge < -0.3 is 4.74 Å². The highest BCUT2D eigenvalue weighted by atomic mass is 32.2. The Morgan fingerprint density at radius 3 is 2.29 bits per heavy atom. The summed E-state index contributed by atoms with van der Waals surface area (Å²) in [7, 11) is -3.79. The third-order valence-electron chi connectivity index (χ3n) is 3.11. The highest BCUT2D eigenvalue weighted by Crippen LogP contribution is 2.30. The molecular formula is C17H21NO4S2. The number of alkyl carbamates (subject to hydrolysis) is 1. The van der Waals surface area contributed by atoms with Gasteiger partial charge in [-0.25, -0.2) is 13.2 Å². The number of benzene rings is 1. The van der Waals surface area contributed by atoms with Crippen LogP contribution in [0.15, 0.2) is 46.7 Å². The fourth-order valence-corrected chi connectivity index (χ4v) is 4.64. The van der Waals surface area contributed by atoms with E-state index in [0.29, 0.717) is 4.88 Å². The van der Waals surface area contributed by atoms with E-state index in [9.17, 15) is 13.2 Å². The Balaban J connectivity index is 2.36. The first kappa shape index (κ1) is 18.5. The van der Waals surface area contributed by atoms with Crippen molar-refractivity contribution in [3.8, 4) is 0 Å². The standard InChI is InChI=1S/C17H21NO4S2/c1-12-7-9-13(10-8-12)24(20,21)15(14-6-5-11-23-14)18-16(19)22-17(2,3)4/h5-11,15H,1-4H3,(H,18,19). The first-order valence-corrected chi connectivity index (χ1v) is 9.86. The zero-order valence-corrected chi connectivity index (χ0v) is 15.7. The molecule has 1 amide bonds. The number of amides is 1. The molecule has 1 aromatic heterocycles. The van der Waals surface area contributed by atoms with Crippen molar-refractivity contribution in [2.75, 3.05) is 0 Å². The summed E-state index contributed by atoms with van der Waals surface area (Å²) in [5, 5.41) is 3.07. The quantitative estimate of drug-likeness (QED) is 0.885. The van der Waals surface area contributed by atoms with Crippen molar-refractivity contribution in [2.24, 2.45) is 0 Å². The van der Waals surface area contributed by atoms with Gasteiger partial charge in [0.1, 0.15) is 5.60 Å². The molecule has 0 aliphatic rings. The zero-order valence-electron chi connectivity index (χ0n) is 14.1. The van der Waals surface area contributed by atoms with Gasteiger partial charge in [0.25, 0.3) is 0 Å². The number of rotatable bonds is 4. The number of hydrogen-bond donors (Lipinski definition) is 1. The first-order chi connectivity index (χ1) is 11.1. The largest absolute Gasteiger partial charge is 0.444 e. The molecule has 1 heterocycles. The lowest BCUT2D eigenvalue weighted by Gasteiger charge is -2.23. The minimum absolute atomic E-state index is 0.155. The SMILES string of the molecule is Cc1ccc(S(=O)(=O)C(NC(=O)OC(C)(C)C)c2cccs2)cc1. The van der Waals surface area contributed by atoms with E-state index in [4.69, 9.17) is 4.74 Å². The van der Waals surface area contributed by atoms with Crippen LogP contribution in [0.3, 0.4) is 0 Å². The second-order valence-electron chi connectivity index (χ2n) is 6.40. The number of nitrogens with one attached hydrogen (secondary N) is 1. The van der Waals surface area contributed by atoms with Gasteiger partial charge in [-0.3, -0.25) is 5.32 Å². The Hall–Kier alpha value is -1.86. The summed E-state index contributed by atoms with van der Waals surface area (Å²) in [5.41, 5.74) is 0.249. The van der Waals surface area contributed by atoms with E-state index in [1.54, 1.807) is 62.5 Å². The van der Waals surface area contributed by atoms with Crippen molar-refractivity contribution < 1.29 is 17.9 Å². The molecule has 0 aliphatic carbocycles. The Morgan fingerprint density at radius 1 is 1.17 bits per heavy atom. The fraction of sp³-hybridized carbons (Fsp3) is 0.353. The summed E-state index contributed by atoms with van der Waals surface area (Å²) in [6.45, 7) is 7.05. The summed E-state index contributed by atoms with van der Waals surface area (Å²) in [5.74, 6) is 0. The number of hydrogen-bond acceptors (Lipinski definition) is 5. The maximum atomic E-state index is 13.0. The maximum absolute atomic E-state index is 13.0. The number of sulfone groups is 1. The molecule has 0 fully saturated rings. The topological polar surface area (TPSA) is 72.5 Å². The van der Waals surface area contributed by atoms with Crippen molar-refractivity contribution >= 4 is 27.3 Å². The van der Waals surface area contributed by atoms with Gasteiger partial charge in [0, 0.05) is 4.88 Å². The van der Waals surface area contributed by atoms with Crippen molar-refractivity contribution in [1.82, 2.24) is 5.32 Å². The molecule has 1 aromatic carbocycles. The highest BCUT2D eigenvalue weighted by molar-refractivity contribution is 7.91. The van der Waals surface area contributed by atoms with Crippen molar-refractivity contribution in [1.29, 1.82) is 0 Å². The van der Waals surface area contributed by atoms with Gasteiger partial charge in [-0.15, -0.1) is 11.3 Å². The lowest BCUT2D eigenvalue weighted by Crippen LogP contribution is -2.37. The van der Waals surface area contributed by atoms with Gasteiger partial charge >= 0.3 is 6.09 Å². The summed E-state index contributed by atoms with van der Waals surface area (Å²) < 4.78 is 31.2. The molecule has 1 N–H and O–H groups in total. The summed E-state index contributed by atoms with van der Waals surface area (Å²) in [6.07, 6.45) is -0.767. The van der Waals surface area contributed by atoms with Crippen molar-refractivity contribution in [3.63, 3.8) is 0 Å². The molecule has 0 saturated heterocycles. The van der Waals surface area contributed by atoms with Crippen LogP contribution in [0.25, 0.3) is 0 Å². The first-order valence-electron chi connectivity index (χ1n) is 7.43. The van der Waals surface area contributed by atoms with Crippen LogP contribution in [0.5, 0.6) is 0 Å². The van der Waals surface area contributed by atoms with Gasteiger partial charge in [0.15, 0.2) is 5.37 Å². The lowest BCUT2D eigenvalue weighted by atomic mass is 10.2. The van der Waals surface area contributed by atoms with Crippen molar-refractivity contribution in [2.45, 2.75) is 43.6 Å². The van der Waals surface area contributed by atoms with Crippen LogP contribution in [0.4, 0.5) is 4.79 Å². The smallest absolute Gasteiger partial charge is 0.408 e. The molecule has 2 aromatic rings. The number of carbonyl (C=O) groups is 1. The second-order valence-corrected chi connectivity index (χ2v) is 9.41. The van der Waals surface area contributed by atoms with Gasteiger partial charge in [-0.1, -0.05) is 23.8 Å². The molecule has 0 saturated carbocycles. The molecule has 0 bridgehead atoms. The summed E-state index contributed by atoms with van der Waals surface area (Å²) in [6, 6.07) is 9.97. The minimum atomic E-state index is -3.79. The van der Waals surface area contributed by atoms with E-state index in [1.807, 2.05) is 6.92 Å². The molecule has 0 aliphatic heterocycles. The predicted molar refractivity (Wildman–Crippen MR) is 94.8 cm³/mol. The van der Waals surface area contributed by atoms with Crippen molar-refractivity contribution in [3.05, 3.63) is 52.2 Å². The van der Waals surface area contributed by atoms with E-state index in [-0.39, 0.29) is 4.90 Å². The molecule has 5 nitrogen and oxygen atoms in total. The molecule has 0 radical (unpaired) electrons. The average Bonchev–Trinajstić information content (AvgIpc) is 2.97. The number of thiophene rings is 1. The highest BCUT2D eigenvalue weighted by Gasteiger charge is 2.33. The van der Waals surface area contributed by atoms with Crippen LogP contribution in [-0.2, 0) is 14.6 Å². The average molecular weight is 367 g/mol. The van der Waals surface area contributed by atoms with Gasteiger partial charge in [0.05, 0.1) is 4.90 Å². The van der Waals surface area contributed by atoms with E-state index >= 15 is 0 Å². The maximum Gasteiger partial charge on any atom is 0.408 e. The molecule has 1 atom stereocenters. The summed E-state index contributed by atoms with van der Waals surface area (Å²) in [4.78, 5) is 12.8. The minimum Gasteiger partial charge on any atom is -0.444 e. The fourth-order valence-electron chi connectivity index (χ4n) is 2.02. The number of carbonyl (C=O) groups excluding carboxylic acids is 1. The summed E-state index contributed by atoms with van der Waals surface area (Å²) >= 11 is 1.27. The van der Waals surface area contributed by atoms with Gasteiger partial charge in [0.2, 0.25) is 9.84 Å². The molecular weight excluding hydrogens is 346 g/mol. The molecule has 130 valence electrons. The Kier molecular flexibility index (Phi) is 5.35. The Bertz CT molecular complexity index is 788. The van der Waals surface area contributed by atoms with E-state index in [0.717, 1.165) is 5.56 Å². The van der Waals surface area contributed by atoms with Crippen LogP contribution < -0.4 is 5.32 Å². The van der Waals surface area contributed by atoms with Crippen LogP contribution >= 0.6 is 11.3 Å². The van der Waals surface area contributed by atoms with Gasteiger partial charge in [-0.2, -0.15) is 0 Å². The van der Waals surface area contributed by atoms with Crippen LogP contribution in [-0.4, -0.2) is 20.1 Å². The number of aryl methyl sites for hydroxylation is 1. The molecule has 7 heteroatoms.